The minimum absolute atomic E-state index is 0.349. The lowest BCUT2D eigenvalue weighted by atomic mass is 10.2. The highest BCUT2D eigenvalue weighted by Gasteiger charge is 2.25. The van der Waals surface area contributed by atoms with E-state index in [9.17, 15) is 9.59 Å². The number of aromatic amines is 2. The number of rotatable bonds is 3. The molecule has 2 heterocycles. The highest BCUT2D eigenvalue weighted by atomic mass is 16.5. The molecule has 0 radical (unpaired) electrons. The number of ether oxygens (including phenoxy) is 2. The second-order valence-electron chi connectivity index (χ2n) is 4.76. The first-order chi connectivity index (χ1) is 10.1. The van der Waals surface area contributed by atoms with Crippen molar-refractivity contribution in [1.82, 2.24) is 9.97 Å². The van der Waals surface area contributed by atoms with Crippen LogP contribution in [-0.4, -0.2) is 24.2 Å². The van der Waals surface area contributed by atoms with Gasteiger partial charge in [-0.2, -0.15) is 0 Å². The van der Waals surface area contributed by atoms with Crippen molar-refractivity contribution in [3.8, 4) is 11.5 Å². The third-order valence-electron chi connectivity index (χ3n) is 3.55. The van der Waals surface area contributed by atoms with E-state index < -0.39 is 5.69 Å². The van der Waals surface area contributed by atoms with Gasteiger partial charge < -0.3 is 19.4 Å². The molecule has 0 saturated heterocycles. The zero-order valence-corrected chi connectivity index (χ0v) is 11.7. The molecule has 110 valence electrons. The molecule has 0 unspecified atom stereocenters. The van der Waals surface area contributed by atoms with Crippen molar-refractivity contribution in [2.24, 2.45) is 0 Å². The monoisotopic (exact) mass is 289 g/mol. The molecule has 0 aliphatic carbocycles. The molecule has 2 aromatic rings. The number of nitrogens with one attached hydrogen (secondary N) is 2. The van der Waals surface area contributed by atoms with Crippen LogP contribution in [0.2, 0.25) is 0 Å². The molecule has 0 spiro atoms. The largest absolute Gasteiger partial charge is 0.497 e. The normalized spacial score (nSPS) is 13.1. The summed E-state index contributed by atoms with van der Waals surface area (Å²) in [6.07, 6.45) is 0. The number of aromatic nitrogens is 2. The number of methoxy groups -OCH3 is 2. The predicted molar refractivity (Wildman–Crippen MR) is 77.1 cm³/mol. The van der Waals surface area contributed by atoms with E-state index in [1.807, 2.05) is 17.0 Å². The van der Waals surface area contributed by atoms with Gasteiger partial charge in [-0.3, -0.25) is 9.78 Å². The van der Waals surface area contributed by atoms with Crippen molar-refractivity contribution < 1.29 is 9.47 Å². The van der Waals surface area contributed by atoms with E-state index in [1.165, 1.54) is 0 Å². The topological polar surface area (TPSA) is 87.4 Å². The Hall–Kier alpha value is -2.70. The third-order valence-corrected chi connectivity index (χ3v) is 3.55. The van der Waals surface area contributed by atoms with Gasteiger partial charge in [0.2, 0.25) is 0 Å². The third kappa shape index (κ3) is 2.26. The van der Waals surface area contributed by atoms with Crippen LogP contribution in [0.25, 0.3) is 0 Å². The molecule has 0 fully saturated rings. The van der Waals surface area contributed by atoms with Gasteiger partial charge in [0.25, 0.3) is 5.56 Å². The lowest BCUT2D eigenvalue weighted by Gasteiger charge is -2.21. The average molecular weight is 289 g/mol. The molecule has 2 N–H and O–H groups in total. The van der Waals surface area contributed by atoms with Crippen LogP contribution in [0.1, 0.15) is 11.3 Å². The molecule has 0 amide bonds. The molecule has 21 heavy (non-hydrogen) atoms. The van der Waals surface area contributed by atoms with Crippen molar-refractivity contribution in [1.29, 1.82) is 0 Å². The maximum atomic E-state index is 11.8. The smallest absolute Gasteiger partial charge is 0.325 e. The lowest BCUT2D eigenvalue weighted by Crippen LogP contribution is -2.25. The average Bonchev–Trinajstić information content (AvgIpc) is 2.90. The Kier molecular flexibility index (Phi) is 3.17. The maximum Gasteiger partial charge on any atom is 0.325 e. The fraction of sp³-hybridized carbons (Fsp3) is 0.286. The highest BCUT2D eigenvalue weighted by Crippen LogP contribution is 2.35. The molecule has 1 aromatic heterocycles. The zero-order valence-electron chi connectivity index (χ0n) is 11.7. The van der Waals surface area contributed by atoms with E-state index in [0.717, 1.165) is 5.69 Å². The molecule has 0 saturated carbocycles. The predicted octanol–water partition coefficient (Wildman–Crippen LogP) is 0.601. The van der Waals surface area contributed by atoms with Crippen LogP contribution in [0.4, 0.5) is 5.69 Å². The summed E-state index contributed by atoms with van der Waals surface area (Å²) in [5.41, 5.74) is 1.18. The summed E-state index contributed by atoms with van der Waals surface area (Å²) in [5, 5.41) is 0. The first kappa shape index (κ1) is 13.3. The fourth-order valence-corrected chi connectivity index (χ4v) is 2.51. The van der Waals surface area contributed by atoms with Gasteiger partial charge >= 0.3 is 5.69 Å². The van der Waals surface area contributed by atoms with Gasteiger partial charge in [-0.25, -0.2) is 4.79 Å². The summed E-state index contributed by atoms with van der Waals surface area (Å²) in [5.74, 6) is 1.38. The Morgan fingerprint density at radius 3 is 2.62 bits per heavy atom. The van der Waals surface area contributed by atoms with E-state index in [2.05, 4.69) is 9.97 Å². The van der Waals surface area contributed by atoms with Crippen molar-refractivity contribution in [2.75, 3.05) is 19.1 Å². The van der Waals surface area contributed by atoms with Gasteiger partial charge in [-0.15, -0.1) is 0 Å². The molecule has 3 rings (SSSR count). The molecule has 0 bridgehead atoms. The number of anilines is 1. The van der Waals surface area contributed by atoms with Crippen molar-refractivity contribution in [3.05, 3.63) is 50.3 Å². The minimum atomic E-state index is -0.488. The highest BCUT2D eigenvalue weighted by molar-refractivity contribution is 5.63. The van der Waals surface area contributed by atoms with Crippen molar-refractivity contribution >= 4 is 5.69 Å². The molecule has 7 nitrogen and oxygen atoms in total. The summed E-state index contributed by atoms with van der Waals surface area (Å²) in [4.78, 5) is 30.0. The molecular weight excluding hydrogens is 274 g/mol. The number of nitrogens with zero attached hydrogens (tertiary/aromatic N) is 1. The molecule has 0 atom stereocenters. The van der Waals surface area contributed by atoms with E-state index in [-0.39, 0.29) is 5.56 Å². The number of hydrogen-bond acceptors (Lipinski definition) is 5. The van der Waals surface area contributed by atoms with Crippen LogP contribution < -0.4 is 25.6 Å². The number of hydrogen-bond donors (Lipinski definition) is 2. The Morgan fingerprint density at radius 1 is 1.10 bits per heavy atom. The standard InChI is InChI=1S/C14H15N3O4/c1-20-8-3-4-12(21-2)11(5-8)17-6-9-10(7-17)15-14(19)16-13(9)18/h3-5H,6-7H2,1-2H3,(H2,15,16,18,19). The lowest BCUT2D eigenvalue weighted by molar-refractivity contribution is 0.403. The van der Waals surface area contributed by atoms with Gasteiger partial charge in [0, 0.05) is 11.8 Å². The van der Waals surface area contributed by atoms with Gasteiger partial charge in [0.05, 0.1) is 38.6 Å². The van der Waals surface area contributed by atoms with Gasteiger partial charge in [0.15, 0.2) is 0 Å². The molecule has 7 heteroatoms. The quantitative estimate of drug-likeness (QED) is 0.864. The summed E-state index contributed by atoms with van der Waals surface area (Å²) in [7, 11) is 3.18. The van der Waals surface area contributed by atoms with Gasteiger partial charge in [-0.1, -0.05) is 0 Å². The SMILES string of the molecule is COc1ccc(OC)c(N2Cc3[nH]c(=O)[nH]c(=O)c3C2)c1. The van der Waals surface area contributed by atoms with Crippen LogP contribution in [0.5, 0.6) is 11.5 Å². The molecule has 1 aliphatic rings. The van der Waals surface area contributed by atoms with Crippen molar-refractivity contribution in [3.63, 3.8) is 0 Å². The number of fused-ring (bicyclic) bond motifs is 1. The summed E-state index contributed by atoms with van der Waals surface area (Å²) >= 11 is 0. The van der Waals surface area contributed by atoms with Gasteiger partial charge in [-0.05, 0) is 12.1 Å². The fourth-order valence-electron chi connectivity index (χ4n) is 2.51. The van der Waals surface area contributed by atoms with Crippen LogP contribution in [0.15, 0.2) is 27.8 Å². The first-order valence-corrected chi connectivity index (χ1v) is 6.43. The van der Waals surface area contributed by atoms with Crippen LogP contribution in [0.3, 0.4) is 0 Å². The summed E-state index contributed by atoms with van der Waals surface area (Å²) < 4.78 is 10.6. The molecular formula is C14H15N3O4. The van der Waals surface area contributed by atoms with E-state index in [0.29, 0.717) is 35.8 Å². The Labute approximate surface area is 120 Å². The molecule has 1 aromatic carbocycles. The maximum absolute atomic E-state index is 11.8. The second-order valence-corrected chi connectivity index (χ2v) is 4.76. The number of H-pyrrole nitrogens is 2. The van der Waals surface area contributed by atoms with Crippen molar-refractivity contribution in [2.45, 2.75) is 13.1 Å². The minimum Gasteiger partial charge on any atom is -0.497 e. The Morgan fingerprint density at radius 2 is 1.90 bits per heavy atom. The second kappa shape index (κ2) is 5.01. The van der Waals surface area contributed by atoms with E-state index >= 15 is 0 Å². The zero-order chi connectivity index (χ0) is 15.0. The van der Waals surface area contributed by atoms with Gasteiger partial charge in [0.1, 0.15) is 11.5 Å². The van der Waals surface area contributed by atoms with E-state index in [4.69, 9.17) is 9.47 Å². The van der Waals surface area contributed by atoms with Crippen LogP contribution in [0, 0.1) is 0 Å². The first-order valence-electron chi connectivity index (χ1n) is 6.43. The Balaban J connectivity index is 2.03. The number of benzene rings is 1. The summed E-state index contributed by atoms with van der Waals surface area (Å²) in [6, 6.07) is 5.46. The Bertz CT molecular complexity index is 794. The molecule has 1 aliphatic heterocycles. The van der Waals surface area contributed by atoms with Crippen LogP contribution >= 0.6 is 0 Å². The summed E-state index contributed by atoms with van der Waals surface area (Å²) in [6.45, 7) is 0.850. The van der Waals surface area contributed by atoms with Crippen LogP contribution in [-0.2, 0) is 13.1 Å². The van der Waals surface area contributed by atoms with E-state index in [1.54, 1.807) is 20.3 Å².